The smallest absolute Gasteiger partial charge is 0.197 e. The second-order valence-electron chi connectivity index (χ2n) is 8.15. The van der Waals surface area contributed by atoms with Crippen molar-refractivity contribution in [3.8, 4) is 16.8 Å². The molecule has 0 saturated heterocycles. The van der Waals surface area contributed by atoms with Gasteiger partial charge in [0.1, 0.15) is 0 Å². The first kappa shape index (κ1) is 22.5. The minimum absolute atomic E-state index is 0.0299. The van der Waals surface area contributed by atoms with Crippen LogP contribution in [0.5, 0.6) is 0 Å². The van der Waals surface area contributed by atoms with Gasteiger partial charge in [-0.05, 0) is 39.0 Å². The van der Waals surface area contributed by atoms with Crippen molar-refractivity contribution < 1.29 is 9.59 Å². The van der Waals surface area contributed by atoms with E-state index in [2.05, 4.69) is 20.2 Å². The number of nitrogens with one attached hydrogen (secondary N) is 1. The number of para-hydroxylation sites is 1. The van der Waals surface area contributed by atoms with Crippen LogP contribution in [-0.2, 0) is 0 Å². The Morgan fingerprint density at radius 3 is 2.46 bits per heavy atom. The van der Waals surface area contributed by atoms with E-state index in [4.69, 9.17) is 4.99 Å². The molecule has 0 saturated carbocycles. The number of ketones is 2. The summed E-state index contributed by atoms with van der Waals surface area (Å²) in [5.74, 6) is 0.251. The molecule has 0 bridgehead atoms. The van der Waals surface area contributed by atoms with Crippen LogP contribution in [0.3, 0.4) is 0 Å². The number of thiazole rings is 1. The minimum atomic E-state index is -0.104. The van der Waals surface area contributed by atoms with Crippen molar-refractivity contribution in [1.29, 1.82) is 0 Å². The number of carbonyl (C=O) groups is 2. The molecule has 0 atom stereocenters. The molecule has 0 spiro atoms. The van der Waals surface area contributed by atoms with Gasteiger partial charge in [-0.15, -0.1) is 0 Å². The number of fused-ring (bicyclic) bond motifs is 1. The lowest BCUT2D eigenvalue weighted by atomic mass is 9.95. The van der Waals surface area contributed by atoms with E-state index in [1.807, 2.05) is 54.0 Å². The van der Waals surface area contributed by atoms with Crippen LogP contribution in [0.25, 0.3) is 27.8 Å². The first-order valence-corrected chi connectivity index (χ1v) is 11.8. The van der Waals surface area contributed by atoms with Crippen molar-refractivity contribution in [3.05, 3.63) is 81.5 Å². The van der Waals surface area contributed by atoms with Crippen molar-refractivity contribution in [2.45, 2.75) is 27.7 Å². The predicted molar refractivity (Wildman–Crippen MR) is 135 cm³/mol. The molecule has 0 amide bonds. The van der Waals surface area contributed by atoms with Crippen LogP contribution in [0.15, 0.2) is 59.9 Å². The molecule has 4 heterocycles. The van der Waals surface area contributed by atoms with Crippen molar-refractivity contribution in [1.82, 2.24) is 24.7 Å². The Hall–Kier alpha value is -4.24. The van der Waals surface area contributed by atoms with Gasteiger partial charge < -0.3 is 0 Å². The van der Waals surface area contributed by atoms with Crippen LogP contribution in [0, 0.1) is 13.8 Å². The van der Waals surface area contributed by atoms with E-state index < -0.39 is 0 Å². The fourth-order valence-electron chi connectivity index (χ4n) is 4.30. The van der Waals surface area contributed by atoms with E-state index in [0.29, 0.717) is 43.4 Å². The van der Waals surface area contributed by atoms with Crippen LogP contribution in [0.4, 0.5) is 5.82 Å². The molecule has 0 unspecified atom stereocenters. The third kappa shape index (κ3) is 3.89. The summed E-state index contributed by atoms with van der Waals surface area (Å²) in [6.07, 6.45) is 3.40. The summed E-state index contributed by atoms with van der Waals surface area (Å²) in [5, 5.41) is 8.06. The van der Waals surface area contributed by atoms with Crippen LogP contribution in [-0.4, -0.2) is 36.3 Å². The number of rotatable bonds is 5. The lowest BCUT2D eigenvalue weighted by molar-refractivity contribution is 0.101. The number of H-pyrrole nitrogens is 1. The maximum Gasteiger partial charge on any atom is 0.197 e. The molecule has 0 radical (unpaired) electrons. The maximum absolute atomic E-state index is 12.7. The number of pyridine rings is 2. The summed E-state index contributed by atoms with van der Waals surface area (Å²) in [6.45, 7) is 6.78. The Bertz CT molecular complexity index is 1660. The maximum atomic E-state index is 12.7. The van der Waals surface area contributed by atoms with Gasteiger partial charge in [0, 0.05) is 47.4 Å². The first-order valence-electron chi connectivity index (χ1n) is 11.0. The SMILES string of the molecule is CC(=O)c1sc(=Nc2n[nH]c3nc(C)c(C(C)=O)c(-c4cccnc4)c23)n(-c2ccccc2)c1C. The molecule has 1 N–H and O–H groups in total. The lowest BCUT2D eigenvalue weighted by Gasteiger charge is -2.11. The van der Waals surface area contributed by atoms with Crippen molar-refractivity contribution in [2.24, 2.45) is 4.99 Å². The average Bonchev–Trinajstić information content (AvgIpc) is 3.39. The van der Waals surface area contributed by atoms with Crippen molar-refractivity contribution >= 4 is 39.8 Å². The summed E-state index contributed by atoms with van der Waals surface area (Å²) in [5.41, 5.74) is 4.78. The molecular formula is C26H22N6O2S. The standard InChI is InChI=1S/C26H22N6O2S/c1-14-20(16(3)33)21(18-9-8-12-27-13-18)22-24(28-14)30-31-25(22)29-26-32(19-10-6-5-7-11-19)15(2)23(35-26)17(4)34/h5-13H,1-4H3,(H,28,30,31). The summed E-state index contributed by atoms with van der Waals surface area (Å²) in [6, 6.07) is 13.5. The number of aromatic nitrogens is 5. The Morgan fingerprint density at radius 1 is 1.03 bits per heavy atom. The largest absolute Gasteiger partial charge is 0.294 e. The molecule has 174 valence electrons. The van der Waals surface area contributed by atoms with E-state index in [0.717, 1.165) is 16.9 Å². The van der Waals surface area contributed by atoms with Crippen LogP contribution < -0.4 is 4.80 Å². The van der Waals surface area contributed by atoms with E-state index in [1.165, 1.54) is 18.3 Å². The van der Waals surface area contributed by atoms with Gasteiger partial charge in [-0.25, -0.2) is 4.98 Å². The van der Waals surface area contributed by atoms with Crippen LogP contribution >= 0.6 is 11.3 Å². The monoisotopic (exact) mass is 482 g/mol. The number of aromatic amines is 1. The third-order valence-corrected chi connectivity index (χ3v) is 7.00. The molecule has 0 aliphatic heterocycles. The van der Waals surface area contributed by atoms with Crippen molar-refractivity contribution in [3.63, 3.8) is 0 Å². The van der Waals surface area contributed by atoms with E-state index in [-0.39, 0.29) is 11.6 Å². The number of hydrogen-bond donors (Lipinski definition) is 1. The highest BCUT2D eigenvalue weighted by Crippen LogP contribution is 2.37. The highest BCUT2D eigenvalue weighted by atomic mass is 32.1. The number of hydrogen-bond acceptors (Lipinski definition) is 7. The average molecular weight is 483 g/mol. The van der Waals surface area contributed by atoms with Crippen LogP contribution in [0.1, 0.15) is 45.3 Å². The number of benzene rings is 1. The fraction of sp³-hybridized carbons (Fsp3) is 0.154. The van der Waals surface area contributed by atoms with Gasteiger partial charge in [0.15, 0.2) is 27.8 Å². The fourth-order valence-corrected chi connectivity index (χ4v) is 5.33. The molecule has 0 fully saturated rings. The molecule has 9 heteroatoms. The second kappa shape index (κ2) is 8.84. The zero-order chi connectivity index (χ0) is 24.7. The highest BCUT2D eigenvalue weighted by Gasteiger charge is 2.23. The number of nitrogens with zero attached hydrogens (tertiary/aromatic N) is 5. The molecule has 35 heavy (non-hydrogen) atoms. The summed E-state index contributed by atoms with van der Waals surface area (Å²) < 4.78 is 1.94. The number of carbonyl (C=O) groups excluding carboxylic acids is 2. The number of aryl methyl sites for hydroxylation is 1. The molecule has 0 aliphatic carbocycles. The van der Waals surface area contributed by atoms with E-state index in [9.17, 15) is 9.59 Å². The topological polar surface area (TPSA) is 106 Å². The molecular weight excluding hydrogens is 460 g/mol. The van der Waals surface area contributed by atoms with Gasteiger partial charge >= 0.3 is 0 Å². The molecule has 5 rings (SSSR count). The Balaban J connectivity index is 1.88. The minimum Gasteiger partial charge on any atom is -0.294 e. The van der Waals surface area contributed by atoms with Crippen LogP contribution in [0.2, 0.25) is 0 Å². The quantitative estimate of drug-likeness (QED) is 0.350. The first-order chi connectivity index (χ1) is 16.9. The van der Waals surface area contributed by atoms with Gasteiger partial charge in [0.2, 0.25) is 0 Å². The van der Waals surface area contributed by atoms with Gasteiger partial charge in [0.05, 0.1) is 16.0 Å². The van der Waals surface area contributed by atoms with Gasteiger partial charge in [-0.3, -0.25) is 24.2 Å². The molecule has 5 aromatic rings. The Labute approximate surface area is 205 Å². The second-order valence-corrected chi connectivity index (χ2v) is 9.13. The van der Waals surface area contributed by atoms with Crippen molar-refractivity contribution in [2.75, 3.05) is 0 Å². The van der Waals surface area contributed by atoms with Gasteiger partial charge in [-0.2, -0.15) is 10.1 Å². The normalized spacial score (nSPS) is 11.8. The zero-order valence-electron chi connectivity index (χ0n) is 19.7. The van der Waals surface area contributed by atoms with Gasteiger partial charge in [-0.1, -0.05) is 35.6 Å². The van der Waals surface area contributed by atoms with E-state index >= 15 is 0 Å². The summed E-state index contributed by atoms with van der Waals surface area (Å²) in [4.78, 5) is 40.0. The third-order valence-electron chi connectivity index (χ3n) is 5.76. The molecule has 0 aliphatic rings. The molecule has 1 aromatic carbocycles. The summed E-state index contributed by atoms with van der Waals surface area (Å²) in [7, 11) is 0. The Morgan fingerprint density at radius 2 is 1.80 bits per heavy atom. The number of Topliss-reactive ketones (excluding diaryl/α,β-unsaturated/α-hetero) is 2. The highest BCUT2D eigenvalue weighted by molar-refractivity contribution is 7.11. The molecule has 8 nitrogen and oxygen atoms in total. The lowest BCUT2D eigenvalue weighted by Crippen LogP contribution is -2.14. The molecule has 4 aromatic heterocycles. The zero-order valence-corrected chi connectivity index (χ0v) is 20.5. The summed E-state index contributed by atoms with van der Waals surface area (Å²) >= 11 is 1.30. The predicted octanol–water partition coefficient (Wildman–Crippen LogP) is 5.13. The van der Waals surface area contributed by atoms with E-state index in [1.54, 1.807) is 26.2 Å². The van der Waals surface area contributed by atoms with Gasteiger partial charge in [0.25, 0.3) is 0 Å². The Kier molecular flexibility index (Phi) is 5.70.